The molecule has 13 atom stereocenters. The van der Waals surface area contributed by atoms with Crippen LogP contribution >= 0.6 is 0 Å². The average Bonchev–Trinajstić information content (AvgIpc) is 0.812. The second-order valence-electron chi connectivity index (χ2n) is 28.9. The maximum absolute atomic E-state index is 15.3. The van der Waals surface area contributed by atoms with E-state index < -0.39 is 162 Å². The quantitative estimate of drug-likeness (QED) is 0.0725. The summed E-state index contributed by atoms with van der Waals surface area (Å²) in [6, 6.07) is -2.74. The molecule has 0 unspecified atom stereocenters. The van der Waals surface area contributed by atoms with Crippen molar-refractivity contribution in [3.63, 3.8) is 0 Å². The molecule has 1 aliphatic rings. The number of hydrogen-bond donors (Lipinski definition) is 7. The van der Waals surface area contributed by atoms with Crippen LogP contribution in [0.3, 0.4) is 0 Å². The van der Waals surface area contributed by atoms with Crippen LogP contribution in [0.25, 0.3) is 0 Å². The molecular weight excluding hydrogens is 1210 g/mol. The van der Waals surface area contributed by atoms with Crippen molar-refractivity contribution in [2.24, 2.45) is 47.3 Å². The van der Waals surface area contributed by atoms with Crippen molar-refractivity contribution in [3.05, 3.63) is 35.9 Å². The van der Waals surface area contributed by atoms with E-state index >= 15 is 14.4 Å². The summed E-state index contributed by atoms with van der Waals surface area (Å²) in [6.07, 6.45) is -3.92. The van der Waals surface area contributed by atoms with Gasteiger partial charge in [0.25, 0.3) is 5.91 Å². The first-order valence-electron chi connectivity index (χ1n) is 33.7. The van der Waals surface area contributed by atoms with Gasteiger partial charge in [-0.3, -0.25) is 47.9 Å². The zero-order valence-electron chi connectivity index (χ0n) is 60.8. The van der Waals surface area contributed by atoms with Crippen LogP contribution in [0.1, 0.15) is 162 Å². The molecule has 1 aliphatic heterocycles. The van der Waals surface area contributed by atoms with Gasteiger partial charge in [0.2, 0.25) is 53.2 Å². The maximum atomic E-state index is 15.3. The molecule has 0 aliphatic carbocycles. The first-order chi connectivity index (χ1) is 43.6. The molecule has 0 saturated carbocycles. The number of carbonyl (C=O) groups is 11. The highest BCUT2D eigenvalue weighted by molar-refractivity contribution is 5.99. The molecule has 25 nitrogen and oxygen atoms in total. The molecule has 1 saturated heterocycles. The molecule has 1 aromatic rings. The van der Waals surface area contributed by atoms with Crippen molar-refractivity contribution in [2.75, 3.05) is 55.4 Å². The van der Waals surface area contributed by atoms with Crippen molar-refractivity contribution in [1.82, 2.24) is 56.0 Å². The van der Waals surface area contributed by atoms with Gasteiger partial charge in [0, 0.05) is 48.8 Å². The Morgan fingerprint density at radius 1 is 0.489 bits per heavy atom. The number of carbonyl (C=O) groups excluding carboxylic acids is 11. The van der Waals surface area contributed by atoms with Crippen molar-refractivity contribution >= 4 is 65.0 Å². The van der Waals surface area contributed by atoms with Gasteiger partial charge in [0.15, 0.2) is 6.10 Å². The fourth-order valence-corrected chi connectivity index (χ4v) is 11.7. The van der Waals surface area contributed by atoms with Crippen LogP contribution in [-0.4, -0.2) is 233 Å². The second kappa shape index (κ2) is 38.7. The zero-order valence-corrected chi connectivity index (χ0v) is 60.8. The van der Waals surface area contributed by atoms with Gasteiger partial charge < -0.3 is 70.9 Å². The summed E-state index contributed by atoms with van der Waals surface area (Å²) < 4.78 is 5.91. The molecule has 2 rings (SSSR count). The van der Waals surface area contributed by atoms with E-state index in [2.05, 4.69) is 26.6 Å². The zero-order chi connectivity index (χ0) is 72.1. The number of nitrogens with one attached hydrogen (secondary N) is 5. The predicted octanol–water partition coefficient (Wildman–Crippen LogP) is 3.56. The van der Waals surface area contributed by atoms with Gasteiger partial charge in [-0.05, 0) is 112 Å². The summed E-state index contributed by atoms with van der Waals surface area (Å²) >= 11 is 0. The van der Waals surface area contributed by atoms with Crippen LogP contribution in [0.2, 0.25) is 0 Å². The molecule has 0 spiro atoms. The minimum absolute atomic E-state index is 0.0738. The van der Waals surface area contributed by atoms with Gasteiger partial charge in [-0.1, -0.05) is 134 Å². The number of ether oxygens (including phenoxy) is 1. The molecule has 1 fully saturated rings. The van der Waals surface area contributed by atoms with E-state index in [1.807, 2.05) is 99.6 Å². The number of cyclic esters (lactones) is 1. The van der Waals surface area contributed by atoms with Crippen molar-refractivity contribution in [3.8, 4) is 0 Å². The standard InChI is InChI=1S/C69H119N11O14/c1-38(2)31-49-64(88)77(20)52(34-41(7)8)60(84)71-46(16)69(93)94-59(44(13)14)68(92)78(21)53(35-42(9)10)62(86)73-50(32-39(3)4)65(89)79(22)56(43(11)12)67(91)80(23)57(58(83)45(15)29-30-70-36-48-27-25-24-26-28-48)63(87)74-55(47(17)81)66(90)75(18)37-54(82)76(19)51(33-40(5)6)61(85)72-49/h24-28,38-47,49-53,55-59,70,81,83H,29-37H2,1-23H3,(H,71,84)(H,72,85)(H,73,86)(H,74,87)/t45-,46+,47-,49+,50+,51+,52+,53+,55+,56+,57+,58-,59-/m1/s1. The van der Waals surface area contributed by atoms with E-state index in [9.17, 15) is 48.6 Å². The van der Waals surface area contributed by atoms with Gasteiger partial charge in [-0.15, -0.1) is 0 Å². The Balaban J connectivity index is 3.02. The lowest BCUT2D eigenvalue weighted by Crippen LogP contribution is -2.64. The highest BCUT2D eigenvalue weighted by atomic mass is 16.6. The van der Waals surface area contributed by atoms with Gasteiger partial charge >= 0.3 is 5.97 Å². The number of hydrogen-bond acceptors (Lipinski definition) is 15. The Labute approximate surface area is 560 Å². The Morgan fingerprint density at radius 2 is 0.915 bits per heavy atom. The van der Waals surface area contributed by atoms with Crippen LogP contribution < -0.4 is 26.6 Å². The number of nitrogens with zero attached hydrogens (tertiary/aromatic N) is 6. The lowest BCUT2D eigenvalue weighted by Gasteiger charge is -2.40. The number of aliphatic hydroxyl groups excluding tert-OH is 2. The number of rotatable bonds is 20. The van der Waals surface area contributed by atoms with E-state index in [0.29, 0.717) is 19.5 Å². The second-order valence-corrected chi connectivity index (χ2v) is 28.9. The molecule has 0 aromatic heterocycles. The molecule has 1 aromatic carbocycles. The lowest BCUT2D eigenvalue weighted by atomic mass is 9.91. The monoisotopic (exact) mass is 1330 g/mol. The molecule has 25 heteroatoms. The third-order valence-corrected chi connectivity index (χ3v) is 17.3. The number of esters is 1. The number of likely N-dealkylation sites (N-methyl/N-ethyl adjacent to an activating group) is 6. The third-order valence-electron chi connectivity index (χ3n) is 17.3. The molecule has 534 valence electrons. The first kappa shape index (κ1) is 83.4. The lowest BCUT2D eigenvalue weighted by molar-refractivity contribution is -0.166. The molecule has 0 radical (unpaired) electrons. The Bertz CT molecular complexity index is 2670. The highest BCUT2D eigenvalue weighted by Crippen LogP contribution is 2.25. The molecule has 1 heterocycles. The fourth-order valence-electron chi connectivity index (χ4n) is 11.7. The SMILES string of the molecule is CC(C)C[C@@H]1NC(=O)[C@H](CC(C)C)N(C)C(=O)[C@@H](C(C)C)OC(=O)[C@H](C)NC(=O)[C@H](CC(C)C)N(C)C(=O)[C@H](CC(C)C)NC(=O)[C@H](CC(C)C)N(C)C(=O)CN(C)C(=O)[C@H]([C@@H](C)O)NC(=O)[C@H]([C@H](O)[C@H](C)CCNCc2ccccc2)N(C)C(=O)[C@H](C(C)C)N(C)C1=O. The highest BCUT2D eigenvalue weighted by Gasteiger charge is 2.46. The van der Waals surface area contributed by atoms with E-state index in [0.717, 1.165) is 20.3 Å². The number of amides is 10. The average molecular weight is 1330 g/mol. The van der Waals surface area contributed by atoms with Crippen LogP contribution in [0.4, 0.5) is 0 Å². The summed E-state index contributed by atoms with van der Waals surface area (Å²) in [5.74, 6) is -11.7. The molecule has 7 N–H and O–H groups in total. The summed E-state index contributed by atoms with van der Waals surface area (Å²) in [5.41, 5.74) is 1.01. The van der Waals surface area contributed by atoms with Crippen LogP contribution in [0, 0.1) is 47.3 Å². The number of benzene rings is 1. The summed E-state index contributed by atoms with van der Waals surface area (Å²) in [7, 11) is 8.15. The van der Waals surface area contributed by atoms with E-state index in [1.165, 1.54) is 70.8 Å². The minimum Gasteiger partial charge on any atom is -0.450 e. The topological polar surface area (TPSA) is 317 Å². The normalized spacial score (nSPS) is 25.6. The Hall–Kier alpha value is -6.73. The maximum Gasteiger partial charge on any atom is 0.329 e. The Morgan fingerprint density at radius 3 is 1.35 bits per heavy atom. The fraction of sp³-hybridized carbons (Fsp3) is 0.754. The number of aliphatic hydroxyl groups is 2. The minimum atomic E-state index is -1.77. The molecule has 94 heavy (non-hydrogen) atoms. The van der Waals surface area contributed by atoms with Crippen molar-refractivity contribution in [2.45, 2.75) is 235 Å². The van der Waals surface area contributed by atoms with E-state index in [-0.39, 0.29) is 61.7 Å². The largest absolute Gasteiger partial charge is 0.450 e. The molecule has 0 bridgehead atoms. The molecular formula is C69H119N11O14. The summed E-state index contributed by atoms with van der Waals surface area (Å²) in [4.78, 5) is 169. The van der Waals surface area contributed by atoms with Crippen LogP contribution in [-0.2, 0) is 64.0 Å². The van der Waals surface area contributed by atoms with Crippen molar-refractivity contribution in [1.29, 1.82) is 0 Å². The van der Waals surface area contributed by atoms with Crippen LogP contribution in [0.15, 0.2) is 30.3 Å². The first-order valence-corrected chi connectivity index (χ1v) is 33.7. The van der Waals surface area contributed by atoms with E-state index in [4.69, 9.17) is 4.74 Å². The van der Waals surface area contributed by atoms with Gasteiger partial charge in [0.1, 0.15) is 54.4 Å². The van der Waals surface area contributed by atoms with Gasteiger partial charge in [-0.25, -0.2) is 4.79 Å². The van der Waals surface area contributed by atoms with Gasteiger partial charge in [0.05, 0.1) is 18.8 Å². The predicted molar refractivity (Wildman–Crippen MR) is 360 cm³/mol. The Kier molecular flexibility index (Phi) is 34.3. The molecule has 10 amide bonds. The smallest absolute Gasteiger partial charge is 0.329 e. The third kappa shape index (κ3) is 24.8. The van der Waals surface area contributed by atoms with Gasteiger partial charge in [-0.2, -0.15) is 0 Å². The van der Waals surface area contributed by atoms with E-state index in [1.54, 1.807) is 34.6 Å². The van der Waals surface area contributed by atoms with Crippen LogP contribution in [0.5, 0.6) is 0 Å². The summed E-state index contributed by atoms with van der Waals surface area (Å²) in [6.45, 7) is 29.6. The summed E-state index contributed by atoms with van der Waals surface area (Å²) in [5, 5.41) is 38.1. The van der Waals surface area contributed by atoms with Crippen molar-refractivity contribution < 1.29 is 67.7 Å².